The third-order valence-electron chi connectivity index (χ3n) is 6.26. The topological polar surface area (TPSA) is 99.5 Å². The first-order chi connectivity index (χ1) is 15.7. The predicted octanol–water partition coefficient (Wildman–Crippen LogP) is 2.29. The van der Waals surface area contributed by atoms with Gasteiger partial charge in [0.2, 0.25) is 5.95 Å². The van der Waals surface area contributed by atoms with Gasteiger partial charge in [-0.15, -0.1) is 0 Å². The lowest BCUT2D eigenvalue weighted by atomic mass is 10.1. The molecule has 5 rings (SSSR count). The van der Waals surface area contributed by atoms with Gasteiger partial charge >= 0.3 is 0 Å². The first kappa shape index (κ1) is 20.6. The lowest BCUT2D eigenvalue weighted by molar-refractivity contribution is -0.384. The molecule has 0 unspecified atom stereocenters. The zero-order valence-electron chi connectivity index (χ0n) is 17.9. The van der Waals surface area contributed by atoms with Crippen LogP contribution in [-0.4, -0.2) is 71.6 Å². The minimum atomic E-state index is -0.376. The Hall–Kier alpha value is -3.30. The Bertz CT molecular complexity index is 1090. The number of fused-ring (bicyclic) bond motifs is 1. The highest BCUT2D eigenvalue weighted by molar-refractivity contribution is 5.90. The Kier molecular flexibility index (Phi) is 5.83. The number of hydrogen-bond acceptors (Lipinski definition) is 8. The smallest absolute Gasteiger partial charge is 0.269 e. The van der Waals surface area contributed by atoms with E-state index in [-0.39, 0.29) is 10.6 Å². The Morgan fingerprint density at radius 3 is 2.56 bits per heavy atom. The minimum Gasteiger partial charge on any atom is -0.369 e. The molecule has 9 nitrogen and oxygen atoms in total. The lowest BCUT2D eigenvalue weighted by Crippen LogP contribution is -2.63. The highest BCUT2D eigenvalue weighted by atomic mass is 16.6. The molecule has 0 radical (unpaired) electrons. The van der Waals surface area contributed by atoms with E-state index in [4.69, 9.17) is 9.97 Å². The quantitative estimate of drug-likeness (QED) is 0.433. The molecule has 0 aliphatic carbocycles. The largest absolute Gasteiger partial charge is 0.369 e. The molecule has 2 aliphatic rings. The number of non-ortho nitro benzene ring substituents is 1. The second-order valence-corrected chi connectivity index (χ2v) is 8.33. The molecule has 0 bridgehead atoms. The van der Waals surface area contributed by atoms with Gasteiger partial charge in [-0.1, -0.05) is 24.3 Å². The van der Waals surface area contributed by atoms with Crippen LogP contribution in [-0.2, 0) is 6.42 Å². The Balaban J connectivity index is 1.26. The Labute approximate surface area is 186 Å². The van der Waals surface area contributed by atoms with E-state index in [2.05, 4.69) is 20.4 Å². The van der Waals surface area contributed by atoms with Crippen LogP contribution in [0.4, 0.5) is 17.5 Å². The van der Waals surface area contributed by atoms with Gasteiger partial charge in [0.15, 0.2) is 0 Å². The Morgan fingerprint density at radius 1 is 1.06 bits per heavy atom. The summed E-state index contributed by atoms with van der Waals surface area (Å²) in [7, 11) is 0. The zero-order chi connectivity index (χ0) is 21.9. The van der Waals surface area contributed by atoms with Gasteiger partial charge in [-0.25, -0.2) is 4.98 Å². The molecule has 0 saturated carbocycles. The van der Waals surface area contributed by atoms with Crippen molar-refractivity contribution in [3.8, 4) is 0 Å². The van der Waals surface area contributed by atoms with Crippen molar-refractivity contribution in [1.29, 1.82) is 0 Å². The summed E-state index contributed by atoms with van der Waals surface area (Å²) < 4.78 is 0. The van der Waals surface area contributed by atoms with Crippen molar-refractivity contribution in [3.63, 3.8) is 0 Å². The molecule has 9 heteroatoms. The number of hydrogen-bond donors (Lipinski definition) is 2. The van der Waals surface area contributed by atoms with Gasteiger partial charge < -0.3 is 15.5 Å². The first-order valence-corrected chi connectivity index (χ1v) is 11.1. The molecule has 2 N–H and O–H groups in total. The summed E-state index contributed by atoms with van der Waals surface area (Å²) in [6.45, 7) is 6.93. The average Bonchev–Trinajstić information content (AvgIpc) is 2.79. The second kappa shape index (κ2) is 9.05. The highest BCUT2D eigenvalue weighted by Gasteiger charge is 2.34. The van der Waals surface area contributed by atoms with Crippen LogP contribution in [0.2, 0.25) is 0 Å². The van der Waals surface area contributed by atoms with Crippen LogP contribution in [0.15, 0.2) is 48.5 Å². The summed E-state index contributed by atoms with van der Waals surface area (Å²) in [4.78, 5) is 24.9. The molecule has 0 atom stereocenters. The number of nitrogens with zero attached hydrogens (tertiary/aromatic N) is 5. The average molecular weight is 434 g/mol. The highest BCUT2D eigenvalue weighted by Crippen LogP contribution is 2.27. The van der Waals surface area contributed by atoms with E-state index >= 15 is 0 Å². The number of nitro benzene ring substituents is 1. The fourth-order valence-corrected chi connectivity index (χ4v) is 4.35. The summed E-state index contributed by atoms with van der Waals surface area (Å²) >= 11 is 0. The maximum Gasteiger partial charge on any atom is 0.269 e. The van der Waals surface area contributed by atoms with Gasteiger partial charge in [-0.05, 0) is 24.1 Å². The summed E-state index contributed by atoms with van der Waals surface area (Å²) in [5.41, 5.74) is 2.09. The summed E-state index contributed by atoms with van der Waals surface area (Å²) in [6.07, 6.45) is 0.750. The van der Waals surface area contributed by atoms with Crippen LogP contribution in [0.5, 0.6) is 0 Å². The van der Waals surface area contributed by atoms with Gasteiger partial charge in [0.1, 0.15) is 5.82 Å². The maximum atomic E-state index is 10.8. The summed E-state index contributed by atoms with van der Waals surface area (Å²) in [5.74, 6) is 1.60. The number of nitro groups is 1. The van der Waals surface area contributed by atoms with Crippen molar-refractivity contribution >= 4 is 28.4 Å². The molecule has 3 aromatic rings. The van der Waals surface area contributed by atoms with Crippen LogP contribution >= 0.6 is 0 Å². The molecule has 2 fully saturated rings. The Morgan fingerprint density at radius 2 is 1.81 bits per heavy atom. The number of piperazine rings is 1. The lowest BCUT2D eigenvalue weighted by Gasteiger charge is -2.46. The number of benzene rings is 2. The van der Waals surface area contributed by atoms with E-state index < -0.39 is 0 Å². The molecule has 166 valence electrons. The fraction of sp³-hybridized carbons (Fsp3) is 0.391. The normalized spacial score (nSPS) is 17.3. The van der Waals surface area contributed by atoms with Gasteiger partial charge in [-0.2, -0.15) is 4.98 Å². The van der Waals surface area contributed by atoms with E-state index in [1.165, 1.54) is 0 Å². The summed E-state index contributed by atoms with van der Waals surface area (Å²) in [6, 6.07) is 15.3. The SMILES string of the molecule is O=[N+]([O-])c1ccc(CCNc2nc(N3CC(N4CCNCC4)C3)nc3ccccc23)cc1. The van der Waals surface area contributed by atoms with Crippen molar-refractivity contribution in [2.45, 2.75) is 12.5 Å². The molecule has 2 saturated heterocycles. The molecular weight excluding hydrogens is 406 g/mol. The molecule has 0 amide bonds. The standard InChI is InChI=1S/C23H27N7O2/c31-30(32)18-7-5-17(6-8-18)9-10-25-22-20-3-1-2-4-21(20)26-23(27-22)29-15-19(16-29)28-13-11-24-12-14-28/h1-8,19,24H,9-16H2,(H,25,26,27). The third kappa shape index (κ3) is 4.35. The van der Waals surface area contributed by atoms with Gasteiger partial charge in [-0.3, -0.25) is 15.0 Å². The second-order valence-electron chi connectivity index (χ2n) is 8.33. The monoisotopic (exact) mass is 433 g/mol. The molecular formula is C23H27N7O2. The van der Waals surface area contributed by atoms with Crippen LogP contribution in [0, 0.1) is 10.1 Å². The van der Waals surface area contributed by atoms with Crippen LogP contribution < -0.4 is 15.5 Å². The van der Waals surface area contributed by atoms with Gasteiger partial charge in [0.25, 0.3) is 5.69 Å². The first-order valence-electron chi connectivity index (χ1n) is 11.1. The van der Waals surface area contributed by atoms with Crippen molar-refractivity contribution in [2.75, 3.05) is 56.0 Å². The van der Waals surface area contributed by atoms with Crippen LogP contribution in [0.1, 0.15) is 5.56 Å². The van der Waals surface area contributed by atoms with E-state index in [1.807, 2.05) is 24.3 Å². The number of aromatic nitrogens is 2. The molecule has 2 aromatic carbocycles. The van der Waals surface area contributed by atoms with E-state index in [9.17, 15) is 10.1 Å². The number of para-hydroxylation sites is 1. The summed E-state index contributed by atoms with van der Waals surface area (Å²) in [5, 5.41) is 18.7. The van der Waals surface area contributed by atoms with E-state index in [1.54, 1.807) is 24.3 Å². The number of rotatable bonds is 7. The molecule has 32 heavy (non-hydrogen) atoms. The molecule has 1 aromatic heterocycles. The zero-order valence-corrected chi connectivity index (χ0v) is 17.9. The van der Waals surface area contributed by atoms with E-state index in [0.29, 0.717) is 12.6 Å². The maximum absolute atomic E-state index is 10.8. The number of anilines is 2. The molecule has 0 spiro atoms. The third-order valence-corrected chi connectivity index (χ3v) is 6.26. The fourth-order valence-electron chi connectivity index (χ4n) is 4.35. The predicted molar refractivity (Wildman–Crippen MR) is 125 cm³/mol. The van der Waals surface area contributed by atoms with Crippen molar-refractivity contribution in [2.24, 2.45) is 0 Å². The molecule has 2 aliphatic heterocycles. The van der Waals surface area contributed by atoms with Crippen molar-refractivity contribution in [1.82, 2.24) is 20.2 Å². The number of nitrogens with one attached hydrogen (secondary N) is 2. The van der Waals surface area contributed by atoms with E-state index in [0.717, 1.165) is 73.9 Å². The minimum absolute atomic E-state index is 0.113. The van der Waals surface area contributed by atoms with Crippen molar-refractivity contribution in [3.05, 3.63) is 64.2 Å². The van der Waals surface area contributed by atoms with Crippen molar-refractivity contribution < 1.29 is 4.92 Å². The molecule has 3 heterocycles. The van der Waals surface area contributed by atoms with Crippen LogP contribution in [0.3, 0.4) is 0 Å². The van der Waals surface area contributed by atoms with Crippen LogP contribution in [0.25, 0.3) is 10.9 Å². The van der Waals surface area contributed by atoms with Gasteiger partial charge in [0.05, 0.1) is 10.4 Å². The van der Waals surface area contributed by atoms with Gasteiger partial charge in [0, 0.05) is 69.4 Å².